The highest BCUT2D eigenvalue weighted by molar-refractivity contribution is 7.13. The second kappa shape index (κ2) is 5.02. The zero-order valence-electron chi connectivity index (χ0n) is 11.0. The first-order valence-electron chi connectivity index (χ1n) is 6.33. The number of hydrogen-bond donors (Lipinski definition) is 0. The normalized spacial score (nSPS) is 10.8. The molecule has 2 aromatic heterocycles. The SMILES string of the molecule is CCc1cc2ccc(-c3cccs3)cc2nc1OC. The van der Waals surface area contributed by atoms with E-state index in [2.05, 4.69) is 53.7 Å². The summed E-state index contributed by atoms with van der Waals surface area (Å²) in [5.74, 6) is 0.735. The summed E-state index contributed by atoms with van der Waals surface area (Å²) in [4.78, 5) is 5.88. The molecule has 0 saturated carbocycles. The van der Waals surface area contributed by atoms with Crippen LogP contribution < -0.4 is 4.74 Å². The van der Waals surface area contributed by atoms with E-state index in [9.17, 15) is 0 Å². The zero-order valence-corrected chi connectivity index (χ0v) is 11.8. The van der Waals surface area contributed by atoms with Gasteiger partial charge in [0.25, 0.3) is 0 Å². The summed E-state index contributed by atoms with van der Waals surface area (Å²) in [6.45, 7) is 2.12. The molecule has 3 heteroatoms. The lowest BCUT2D eigenvalue weighted by Crippen LogP contribution is -1.94. The van der Waals surface area contributed by atoms with E-state index in [4.69, 9.17) is 4.74 Å². The molecule has 1 aromatic carbocycles. The smallest absolute Gasteiger partial charge is 0.216 e. The van der Waals surface area contributed by atoms with E-state index in [-0.39, 0.29) is 0 Å². The van der Waals surface area contributed by atoms with E-state index in [0.717, 1.165) is 28.8 Å². The van der Waals surface area contributed by atoms with Crippen molar-refractivity contribution in [3.63, 3.8) is 0 Å². The average molecular weight is 269 g/mol. The Balaban J connectivity index is 2.17. The van der Waals surface area contributed by atoms with Gasteiger partial charge in [0.1, 0.15) is 0 Å². The molecule has 0 aliphatic heterocycles. The third kappa shape index (κ3) is 2.22. The number of hydrogen-bond acceptors (Lipinski definition) is 3. The van der Waals surface area contributed by atoms with Gasteiger partial charge in [-0.25, -0.2) is 4.98 Å². The van der Waals surface area contributed by atoms with E-state index in [1.807, 2.05) is 0 Å². The van der Waals surface area contributed by atoms with Gasteiger partial charge in [0.2, 0.25) is 5.88 Å². The van der Waals surface area contributed by atoms with Crippen molar-refractivity contribution in [3.8, 4) is 16.3 Å². The van der Waals surface area contributed by atoms with Crippen LogP contribution in [0.2, 0.25) is 0 Å². The van der Waals surface area contributed by atoms with Crippen molar-refractivity contribution >= 4 is 22.2 Å². The van der Waals surface area contributed by atoms with E-state index < -0.39 is 0 Å². The standard InChI is InChI=1S/C16H15NOS/c1-3-11-9-12-6-7-13(15-5-4-8-19-15)10-14(12)17-16(11)18-2/h4-10H,3H2,1-2H3. The molecule has 0 unspecified atom stereocenters. The number of methoxy groups -OCH3 is 1. The van der Waals surface area contributed by atoms with Crippen molar-refractivity contribution < 1.29 is 4.74 Å². The van der Waals surface area contributed by atoms with Gasteiger partial charge in [0.05, 0.1) is 12.6 Å². The van der Waals surface area contributed by atoms with Crippen LogP contribution in [0.1, 0.15) is 12.5 Å². The number of rotatable bonds is 3. The van der Waals surface area contributed by atoms with Crippen molar-refractivity contribution in [2.24, 2.45) is 0 Å². The first-order chi connectivity index (χ1) is 9.31. The number of fused-ring (bicyclic) bond motifs is 1. The van der Waals surface area contributed by atoms with Gasteiger partial charge in [-0.05, 0) is 35.6 Å². The molecule has 2 heterocycles. The maximum Gasteiger partial charge on any atom is 0.216 e. The van der Waals surface area contributed by atoms with Gasteiger partial charge >= 0.3 is 0 Å². The predicted octanol–water partition coefficient (Wildman–Crippen LogP) is 4.53. The van der Waals surface area contributed by atoms with Crippen LogP contribution in [0.3, 0.4) is 0 Å². The topological polar surface area (TPSA) is 22.1 Å². The summed E-state index contributed by atoms with van der Waals surface area (Å²) in [6.07, 6.45) is 0.929. The van der Waals surface area contributed by atoms with Gasteiger partial charge in [-0.15, -0.1) is 11.3 Å². The number of pyridine rings is 1. The molecule has 0 amide bonds. The Morgan fingerprint density at radius 1 is 1.21 bits per heavy atom. The van der Waals surface area contributed by atoms with Gasteiger partial charge in [-0.3, -0.25) is 0 Å². The van der Waals surface area contributed by atoms with E-state index in [1.54, 1.807) is 18.4 Å². The van der Waals surface area contributed by atoms with Crippen LogP contribution in [0.4, 0.5) is 0 Å². The van der Waals surface area contributed by atoms with E-state index in [0.29, 0.717) is 0 Å². The van der Waals surface area contributed by atoms with Crippen LogP contribution in [0.15, 0.2) is 41.8 Å². The maximum atomic E-state index is 5.37. The minimum Gasteiger partial charge on any atom is -0.481 e. The molecule has 0 aliphatic rings. The summed E-state index contributed by atoms with van der Waals surface area (Å²) in [5, 5.41) is 3.26. The lowest BCUT2D eigenvalue weighted by Gasteiger charge is -2.08. The highest BCUT2D eigenvalue weighted by Gasteiger charge is 2.07. The molecular weight excluding hydrogens is 254 g/mol. The molecule has 0 saturated heterocycles. The van der Waals surface area contributed by atoms with Crippen molar-refractivity contribution in [1.29, 1.82) is 0 Å². The lowest BCUT2D eigenvalue weighted by atomic mass is 10.1. The first kappa shape index (κ1) is 12.2. The van der Waals surface area contributed by atoms with Gasteiger partial charge < -0.3 is 4.74 Å². The molecule has 0 fully saturated rings. The molecule has 2 nitrogen and oxygen atoms in total. The summed E-state index contributed by atoms with van der Waals surface area (Å²) in [5.41, 5.74) is 3.35. The largest absolute Gasteiger partial charge is 0.481 e. The Labute approximate surface area is 116 Å². The molecule has 0 spiro atoms. The Morgan fingerprint density at radius 3 is 2.79 bits per heavy atom. The molecule has 3 aromatic rings. The van der Waals surface area contributed by atoms with Crippen LogP contribution in [0.5, 0.6) is 5.88 Å². The maximum absolute atomic E-state index is 5.37. The highest BCUT2D eigenvalue weighted by Crippen LogP contribution is 2.29. The third-order valence-electron chi connectivity index (χ3n) is 3.24. The molecule has 96 valence electrons. The Hall–Kier alpha value is -1.87. The van der Waals surface area contributed by atoms with Crippen molar-refractivity contribution in [2.45, 2.75) is 13.3 Å². The minimum atomic E-state index is 0.735. The predicted molar refractivity (Wildman–Crippen MR) is 81.0 cm³/mol. The number of thiophene rings is 1. The van der Waals surface area contributed by atoms with Gasteiger partial charge in [-0.1, -0.05) is 25.1 Å². The molecule has 0 radical (unpaired) electrons. The second-order valence-electron chi connectivity index (χ2n) is 4.40. The molecule has 0 aliphatic carbocycles. The van der Waals surface area contributed by atoms with Crippen LogP contribution in [0, 0.1) is 0 Å². The second-order valence-corrected chi connectivity index (χ2v) is 5.34. The molecule has 0 N–H and O–H groups in total. The first-order valence-corrected chi connectivity index (χ1v) is 7.21. The molecule has 19 heavy (non-hydrogen) atoms. The average Bonchev–Trinajstić information content (AvgIpc) is 2.99. The quantitative estimate of drug-likeness (QED) is 0.696. The summed E-state index contributed by atoms with van der Waals surface area (Å²) in [7, 11) is 1.68. The summed E-state index contributed by atoms with van der Waals surface area (Å²) < 4.78 is 5.37. The third-order valence-corrected chi connectivity index (χ3v) is 4.16. The summed E-state index contributed by atoms with van der Waals surface area (Å²) >= 11 is 1.74. The fourth-order valence-electron chi connectivity index (χ4n) is 2.22. The van der Waals surface area contributed by atoms with Crippen molar-refractivity contribution in [1.82, 2.24) is 4.98 Å². The van der Waals surface area contributed by atoms with Gasteiger partial charge in [-0.2, -0.15) is 0 Å². The number of ether oxygens (including phenoxy) is 1. The van der Waals surface area contributed by atoms with Crippen molar-refractivity contribution in [3.05, 3.63) is 47.3 Å². The summed E-state index contributed by atoms with van der Waals surface area (Å²) in [6, 6.07) is 12.8. The van der Waals surface area contributed by atoms with E-state index in [1.165, 1.54) is 10.4 Å². The number of aromatic nitrogens is 1. The van der Waals surface area contributed by atoms with Crippen LogP contribution in [-0.2, 0) is 6.42 Å². The Bertz CT molecular complexity index is 704. The fraction of sp³-hybridized carbons (Fsp3) is 0.188. The Morgan fingerprint density at radius 2 is 2.11 bits per heavy atom. The molecular formula is C16H15NOS. The Kier molecular flexibility index (Phi) is 3.22. The van der Waals surface area contributed by atoms with Crippen molar-refractivity contribution in [2.75, 3.05) is 7.11 Å². The number of benzene rings is 1. The van der Waals surface area contributed by atoms with E-state index >= 15 is 0 Å². The van der Waals surface area contributed by atoms with Gasteiger partial charge in [0, 0.05) is 15.8 Å². The molecule has 3 rings (SSSR count). The monoisotopic (exact) mass is 269 g/mol. The van der Waals surface area contributed by atoms with Crippen LogP contribution in [0.25, 0.3) is 21.3 Å². The highest BCUT2D eigenvalue weighted by atomic mass is 32.1. The van der Waals surface area contributed by atoms with Crippen LogP contribution >= 0.6 is 11.3 Å². The zero-order chi connectivity index (χ0) is 13.2. The molecule has 0 bridgehead atoms. The van der Waals surface area contributed by atoms with Gasteiger partial charge in [0.15, 0.2) is 0 Å². The number of aryl methyl sites for hydroxylation is 1. The fourth-order valence-corrected chi connectivity index (χ4v) is 2.94. The minimum absolute atomic E-state index is 0.735. The lowest BCUT2D eigenvalue weighted by molar-refractivity contribution is 0.395. The number of nitrogens with zero attached hydrogens (tertiary/aromatic N) is 1. The van der Waals surface area contributed by atoms with Crippen LogP contribution in [-0.4, -0.2) is 12.1 Å². The molecule has 0 atom stereocenters.